The van der Waals surface area contributed by atoms with Gasteiger partial charge in [-0.3, -0.25) is 9.10 Å². The molecule has 30 heavy (non-hydrogen) atoms. The lowest BCUT2D eigenvalue weighted by Crippen LogP contribution is -2.43. The van der Waals surface area contributed by atoms with Crippen molar-refractivity contribution in [3.8, 4) is 5.75 Å². The van der Waals surface area contributed by atoms with Gasteiger partial charge in [-0.1, -0.05) is 25.0 Å². The summed E-state index contributed by atoms with van der Waals surface area (Å²) in [6, 6.07) is 10.7. The highest BCUT2D eigenvalue weighted by atomic mass is 32.2. The van der Waals surface area contributed by atoms with E-state index in [1.807, 2.05) is 26.8 Å². The number of amides is 1. The largest absolute Gasteiger partial charge is 0.495 e. The molecule has 0 unspecified atom stereocenters. The maximum Gasteiger partial charge on any atom is 0.268 e. The second-order valence-electron chi connectivity index (χ2n) is 8.06. The molecule has 1 amide bonds. The first-order chi connectivity index (χ1) is 14.2. The van der Waals surface area contributed by atoms with Crippen molar-refractivity contribution in [2.24, 2.45) is 0 Å². The first-order valence-corrected chi connectivity index (χ1v) is 11.7. The van der Waals surface area contributed by atoms with Crippen molar-refractivity contribution < 1.29 is 17.9 Å². The minimum absolute atomic E-state index is 0.0535. The molecule has 1 aliphatic rings. The number of aryl methyl sites for hydroxylation is 3. The van der Waals surface area contributed by atoms with Gasteiger partial charge in [-0.15, -0.1) is 0 Å². The molecule has 0 aromatic heterocycles. The highest BCUT2D eigenvalue weighted by molar-refractivity contribution is 7.93. The van der Waals surface area contributed by atoms with Gasteiger partial charge >= 0.3 is 0 Å². The van der Waals surface area contributed by atoms with E-state index in [1.54, 1.807) is 30.3 Å². The monoisotopic (exact) mass is 430 g/mol. The Labute approximate surface area is 179 Å². The lowest BCUT2D eigenvalue weighted by molar-refractivity contribution is -0.120. The van der Waals surface area contributed by atoms with Crippen LogP contribution in [0, 0.1) is 20.8 Å². The lowest BCUT2D eigenvalue weighted by Gasteiger charge is -2.26. The Morgan fingerprint density at radius 2 is 1.67 bits per heavy atom. The number of benzene rings is 2. The van der Waals surface area contributed by atoms with Crippen molar-refractivity contribution in [3.05, 3.63) is 53.1 Å². The quantitative estimate of drug-likeness (QED) is 0.723. The van der Waals surface area contributed by atoms with E-state index in [2.05, 4.69) is 5.32 Å². The second-order valence-corrected chi connectivity index (χ2v) is 9.89. The Bertz CT molecular complexity index is 1010. The van der Waals surface area contributed by atoms with E-state index in [0.717, 1.165) is 42.4 Å². The highest BCUT2D eigenvalue weighted by Gasteiger charge is 2.31. The molecule has 1 N–H and O–H groups in total. The summed E-state index contributed by atoms with van der Waals surface area (Å²) in [7, 11) is -2.59. The summed E-state index contributed by atoms with van der Waals surface area (Å²) in [4.78, 5) is 12.9. The van der Waals surface area contributed by atoms with Gasteiger partial charge in [-0.05, 0) is 74.6 Å². The molecule has 0 saturated heterocycles. The Morgan fingerprint density at radius 1 is 1.03 bits per heavy atom. The summed E-state index contributed by atoms with van der Waals surface area (Å²) >= 11 is 0. The molecule has 0 spiro atoms. The van der Waals surface area contributed by atoms with Crippen LogP contribution in [0.1, 0.15) is 42.4 Å². The van der Waals surface area contributed by atoms with Crippen LogP contribution in [0.5, 0.6) is 5.75 Å². The number of nitrogens with zero attached hydrogens (tertiary/aromatic N) is 1. The number of anilines is 1. The van der Waals surface area contributed by atoms with E-state index < -0.39 is 10.0 Å². The predicted octanol–water partition coefficient (Wildman–Crippen LogP) is 3.87. The van der Waals surface area contributed by atoms with Gasteiger partial charge in [0.05, 0.1) is 12.8 Å². The van der Waals surface area contributed by atoms with Gasteiger partial charge in [0.15, 0.2) is 0 Å². The zero-order valence-corrected chi connectivity index (χ0v) is 18.9. The molecule has 2 aromatic carbocycles. The number of carbonyl (C=O) groups excluding carboxylic acids is 1. The van der Waals surface area contributed by atoms with E-state index in [-0.39, 0.29) is 29.1 Å². The third kappa shape index (κ3) is 4.95. The van der Waals surface area contributed by atoms with Crippen LogP contribution in [-0.2, 0) is 14.8 Å². The molecule has 1 saturated carbocycles. The first-order valence-electron chi connectivity index (χ1n) is 10.3. The number of methoxy groups -OCH3 is 1. The normalized spacial score (nSPS) is 14.5. The van der Waals surface area contributed by atoms with Crippen molar-refractivity contribution >= 4 is 21.6 Å². The van der Waals surface area contributed by atoms with Gasteiger partial charge in [0, 0.05) is 6.04 Å². The summed E-state index contributed by atoms with van der Waals surface area (Å²) in [5.41, 5.74) is 3.12. The first kappa shape index (κ1) is 22.2. The van der Waals surface area contributed by atoms with Crippen LogP contribution in [0.4, 0.5) is 5.69 Å². The number of sulfonamides is 1. The minimum atomic E-state index is -4.03. The third-order valence-corrected chi connectivity index (χ3v) is 7.18. The average molecular weight is 431 g/mol. The molecule has 0 heterocycles. The Kier molecular flexibility index (Phi) is 6.71. The summed E-state index contributed by atoms with van der Waals surface area (Å²) in [6.07, 6.45) is 4.05. The molecule has 0 bridgehead atoms. The fraction of sp³-hybridized carbons (Fsp3) is 0.435. The van der Waals surface area contributed by atoms with Crippen LogP contribution in [0.3, 0.4) is 0 Å². The molecule has 2 aromatic rings. The van der Waals surface area contributed by atoms with Gasteiger partial charge in [-0.2, -0.15) is 0 Å². The molecule has 3 rings (SSSR count). The number of nitrogens with one attached hydrogen (secondary N) is 1. The van der Waals surface area contributed by atoms with E-state index in [1.165, 1.54) is 11.4 Å². The highest BCUT2D eigenvalue weighted by Crippen LogP contribution is 2.31. The van der Waals surface area contributed by atoms with Gasteiger partial charge < -0.3 is 10.1 Å². The number of hydrogen-bond donors (Lipinski definition) is 1. The molecule has 1 aliphatic carbocycles. The Hall–Kier alpha value is -2.54. The number of ether oxygens (including phenoxy) is 1. The topological polar surface area (TPSA) is 75.7 Å². The van der Waals surface area contributed by atoms with Crippen molar-refractivity contribution in [2.45, 2.75) is 57.4 Å². The van der Waals surface area contributed by atoms with Crippen LogP contribution in [0.15, 0.2) is 41.3 Å². The van der Waals surface area contributed by atoms with Crippen LogP contribution in [0.25, 0.3) is 0 Å². The minimum Gasteiger partial charge on any atom is -0.495 e. The van der Waals surface area contributed by atoms with E-state index in [0.29, 0.717) is 5.69 Å². The van der Waals surface area contributed by atoms with E-state index in [4.69, 9.17) is 4.74 Å². The molecule has 1 fully saturated rings. The molecule has 0 radical (unpaired) electrons. The van der Waals surface area contributed by atoms with Gasteiger partial charge in [0.25, 0.3) is 10.0 Å². The SMILES string of the molecule is COc1ccc(C)cc1S(=O)(=O)N(CC(=O)NC1CCCC1)c1cc(C)cc(C)c1. The predicted molar refractivity (Wildman–Crippen MR) is 119 cm³/mol. The third-order valence-electron chi connectivity index (χ3n) is 5.39. The number of rotatable bonds is 7. The number of hydrogen-bond acceptors (Lipinski definition) is 4. The summed E-state index contributed by atoms with van der Waals surface area (Å²) < 4.78 is 34.0. The van der Waals surface area contributed by atoms with Crippen LogP contribution in [0.2, 0.25) is 0 Å². The lowest BCUT2D eigenvalue weighted by atomic mass is 10.1. The zero-order chi connectivity index (χ0) is 21.9. The molecule has 6 nitrogen and oxygen atoms in total. The summed E-state index contributed by atoms with van der Waals surface area (Å²) in [6.45, 7) is 5.37. The number of carbonyl (C=O) groups is 1. The molecular formula is C23H30N2O4S. The van der Waals surface area contributed by atoms with Crippen LogP contribution in [-0.4, -0.2) is 34.0 Å². The molecule has 7 heteroatoms. The maximum atomic E-state index is 13.7. The zero-order valence-electron chi connectivity index (χ0n) is 18.1. The van der Waals surface area contributed by atoms with Gasteiger partial charge in [0.1, 0.15) is 17.2 Å². The van der Waals surface area contributed by atoms with E-state index >= 15 is 0 Å². The van der Waals surface area contributed by atoms with Crippen molar-refractivity contribution in [3.63, 3.8) is 0 Å². The fourth-order valence-corrected chi connectivity index (χ4v) is 5.64. The average Bonchev–Trinajstić information content (AvgIpc) is 3.18. The van der Waals surface area contributed by atoms with Crippen molar-refractivity contribution in [2.75, 3.05) is 18.0 Å². The molecule has 162 valence electrons. The van der Waals surface area contributed by atoms with Crippen LogP contribution >= 0.6 is 0 Å². The molecule has 0 atom stereocenters. The standard InChI is InChI=1S/C23H30N2O4S/c1-16-9-10-21(29-4)22(14-16)30(27,28)25(20-12-17(2)11-18(3)13-20)15-23(26)24-19-7-5-6-8-19/h9-14,19H,5-8,15H2,1-4H3,(H,24,26). The van der Waals surface area contributed by atoms with Crippen LogP contribution < -0.4 is 14.4 Å². The Balaban J connectivity index is 2.03. The van der Waals surface area contributed by atoms with Crippen molar-refractivity contribution in [1.29, 1.82) is 0 Å². The second kappa shape index (κ2) is 9.08. The summed E-state index contributed by atoms with van der Waals surface area (Å²) in [5.74, 6) is -0.0394. The van der Waals surface area contributed by atoms with Crippen molar-refractivity contribution in [1.82, 2.24) is 5.32 Å². The fourth-order valence-electron chi connectivity index (χ4n) is 3.99. The summed E-state index contributed by atoms with van der Waals surface area (Å²) in [5, 5.41) is 3.00. The van der Waals surface area contributed by atoms with Gasteiger partial charge in [0.2, 0.25) is 5.91 Å². The molecule has 0 aliphatic heterocycles. The maximum absolute atomic E-state index is 13.7. The Morgan fingerprint density at radius 3 is 2.27 bits per heavy atom. The van der Waals surface area contributed by atoms with Gasteiger partial charge in [-0.25, -0.2) is 8.42 Å². The smallest absolute Gasteiger partial charge is 0.268 e. The molecular weight excluding hydrogens is 400 g/mol. The van der Waals surface area contributed by atoms with E-state index in [9.17, 15) is 13.2 Å².